The zero-order chi connectivity index (χ0) is 50.7. The second kappa shape index (κ2) is 26.0. The van der Waals surface area contributed by atoms with Gasteiger partial charge in [-0.15, -0.1) is 0 Å². The average molecular weight is 928 g/mol. The lowest BCUT2D eigenvalue weighted by Crippen LogP contribution is -2.60. The zero-order valence-electron chi connectivity index (χ0n) is 40.3. The number of esters is 6. The van der Waals surface area contributed by atoms with Crippen molar-refractivity contribution in [1.29, 1.82) is 0 Å². The number of hydrogen-bond donors (Lipinski definition) is 0. The molecule has 0 aliphatic carbocycles. The molecule has 0 aliphatic rings. The van der Waals surface area contributed by atoms with Gasteiger partial charge >= 0.3 is 52.9 Å². The first-order chi connectivity index (χ1) is 30.7. The molecular weight excluding hydrogens is 859 g/mol. The Morgan fingerprint density at radius 3 is 0.636 bits per heavy atom. The van der Waals surface area contributed by atoms with Crippen LogP contribution in [0, 0.1) is 16.2 Å². The summed E-state index contributed by atoms with van der Waals surface area (Å²) in [6.45, 7) is 30.7. The molecule has 0 bridgehead atoms. The SMILES string of the molecule is C=C(C)C(=O)OCC(CCC)(COC(=O)C(=C)C)Cn1c(=O)n(CC(CCC)(COC(=O)C(=C)C)COC(=O)C(=C)C)c(=O)n(CC(CCC)(COC(=O)C(=C)C)COC(=O)C(=C)C)c1=O. The maximum absolute atomic E-state index is 15.1. The Balaban J connectivity index is 4.66. The monoisotopic (exact) mass is 927 g/mol. The Bertz CT molecular complexity index is 1890. The molecule has 1 heterocycles. The topological polar surface area (TPSA) is 224 Å². The van der Waals surface area contributed by atoms with E-state index in [1.807, 2.05) is 0 Å². The van der Waals surface area contributed by atoms with Crippen molar-refractivity contribution >= 4 is 35.8 Å². The van der Waals surface area contributed by atoms with Gasteiger partial charge in [0.05, 0.1) is 16.2 Å². The smallest absolute Gasteiger partial charge is 0.336 e. The Hall–Kier alpha value is -6.33. The number of hydrogen-bond acceptors (Lipinski definition) is 15. The van der Waals surface area contributed by atoms with Crippen LogP contribution >= 0.6 is 0 Å². The van der Waals surface area contributed by atoms with Crippen LogP contribution in [0.4, 0.5) is 0 Å². The lowest BCUT2D eigenvalue weighted by atomic mass is 9.84. The first-order valence-electron chi connectivity index (χ1n) is 21.6. The molecule has 18 heteroatoms. The van der Waals surface area contributed by atoms with Crippen molar-refractivity contribution < 1.29 is 57.2 Å². The van der Waals surface area contributed by atoms with Gasteiger partial charge in [-0.25, -0.2) is 56.9 Å². The zero-order valence-corrected chi connectivity index (χ0v) is 40.3. The average Bonchev–Trinajstić information content (AvgIpc) is 3.25. The Morgan fingerprint density at radius 1 is 0.364 bits per heavy atom. The van der Waals surface area contributed by atoms with E-state index in [0.29, 0.717) is 19.3 Å². The largest absolute Gasteiger partial charge is 0.462 e. The van der Waals surface area contributed by atoms with Gasteiger partial charge in [0.15, 0.2) is 0 Å². The summed E-state index contributed by atoms with van der Waals surface area (Å²) in [7, 11) is 0. The van der Waals surface area contributed by atoms with Gasteiger partial charge in [-0.2, -0.15) is 0 Å². The van der Waals surface area contributed by atoms with E-state index < -0.39 is 128 Å². The highest BCUT2D eigenvalue weighted by molar-refractivity contribution is 5.89. The maximum atomic E-state index is 15.1. The summed E-state index contributed by atoms with van der Waals surface area (Å²) in [5.74, 6) is -4.88. The minimum Gasteiger partial charge on any atom is -0.462 e. The van der Waals surface area contributed by atoms with Crippen molar-refractivity contribution in [3.05, 3.63) is 104 Å². The van der Waals surface area contributed by atoms with Gasteiger partial charge in [-0.3, -0.25) is 0 Å². The minimum absolute atomic E-state index is 0.0336. The predicted molar refractivity (Wildman–Crippen MR) is 246 cm³/mol. The third-order valence-corrected chi connectivity index (χ3v) is 10.4. The number of aromatic nitrogens is 3. The van der Waals surface area contributed by atoms with E-state index in [9.17, 15) is 28.8 Å². The van der Waals surface area contributed by atoms with Crippen LogP contribution in [-0.4, -0.2) is 89.2 Å². The van der Waals surface area contributed by atoms with Crippen molar-refractivity contribution in [2.24, 2.45) is 16.2 Å². The predicted octanol–water partition coefficient (Wildman–Crippen LogP) is 5.25. The van der Waals surface area contributed by atoms with Gasteiger partial charge in [0.1, 0.15) is 39.6 Å². The molecule has 366 valence electrons. The van der Waals surface area contributed by atoms with E-state index >= 15 is 14.4 Å². The molecule has 0 atom stereocenters. The van der Waals surface area contributed by atoms with Crippen LogP contribution in [-0.2, 0) is 76.8 Å². The summed E-state index contributed by atoms with van der Waals surface area (Å²) in [6, 6.07) is 0. The van der Waals surface area contributed by atoms with E-state index in [-0.39, 0.29) is 52.7 Å². The normalized spacial score (nSPS) is 11.4. The molecule has 1 aromatic rings. The van der Waals surface area contributed by atoms with E-state index in [2.05, 4.69) is 39.5 Å². The van der Waals surface area contributed by atoms with E-state index in [0.717, 1.165) is 13.7 Å². The van der Waals surface area contributed by atoms with Crippen LogP contribution in [0.3, 0.4) is 0 Å². The second-order valence-electron chi connectivity index (χ2n) is 17.5. The Kier molecular flexibility index (Phi) is 22.7. The number of rotatable bonds is 30. The molecule has 0 fully saturated rings. The molecule has 0 unspecified atom stereocenters. The van der Waals surface area contributed by atoms with Crippen LogP contribution in [0.2, 0.25) is 0 Å². The highest BCUT2D eigenvalue weighted by Crippen LogP contribution is 2.31. The van der Waals surface area contributed by atoms with Crippen LogP contribution in [0.1, 0.15) is 101 Å². The summed E-state index contributed by atoms with van der Waals surface area (Å²) in [5, 5.41) is 0. The van der Waals surface area contributed by atoms with Crippen molar-refractivity contribution in [1.82, 2.24) is 13.7 Å². The van der Waals surface area contributed by atoms with E-state index in [1.54, 1.807) is 20.8 Å². The fourth-order valence-corrected chi connectivity index (χ4v) is 6.81. The number of ether oxygens (including phenoxy) is 6. The van der Waals surface area contributed by atoms with Crippen LogP contribution in [0.25, 0.3) is 0 Å². The molecule has 18 nitrogen and oxygen atoms in total. The summed E-state index contributed by atoms with van der Waals surface area (Å²) in [4.78, 5) is 122. The molecule has 66 heavy (non-hydrogen) atoms. The number of carbonyl (C=O) groups is 6. The Morgan fingerprint density at radius 2 is 0.515 bits per heavy atom. The quantitative estimate of drug-likeness (QED) is 0.0546. The molecule has 1 aromatic heterocycles. The lowest BCUT2D eigenvalue weighted by molar-refractivity contribution is -0.152. The molecule has 0 aromatic carbocycles. The summed E-state index contributed by atoms with van der Waals surface area (Å²) >= 11 is 0. The first-order valence-corrected chi connectivity index (χ1v) is 21.6. The van der Waals surface area contributed by atoms with E-state index in [1.165, 1.54) is 41.5 Å². The minimum atomic E-state index is -1.50. The van der Waals surface area contributed by atoms with Crippen molar-refractivity contribution in [3.63, 3.8) is 0 Å². The molecule has 1 rings (SSSR count). The third-order valence-electron chi connectivity index (χ3n) is 10.4. The molecular formula is C48H69N3O15. The maximum Gasteiger partial charge on any atom is 0.336 e. The molecule has 0 N–H and O–H groups in total. The van der Waals surface area contributed by atoms with Crippen LogP contribution in [0.5, 0.6) is 0 Å². The molecule has 0 radical (unpaired) electrons. The molecule has 0 saturated heterocycles. The summed E-state index contributed by atoms with van der Waals surface area (Å²) in [5.41, 5.74) is -7.85. The summed E-state index contributed by atoms with van der Waals surface area (Å²) < 4.78 is 35.8. The van der Waals surface area contributed by atoms with Crippen molar-refractivity contribution in [2.45, 2.75) is 120 Å². The number of carbonyl (C=O) groups excluding carboxylic acids is 6. The van der Waals surface area contributed by atoms with Gasteiger partial charge in [0.25, 0.3) is 0 Å². The summed E-state index contributed by atoms with van der Waals surface area (Å²) in [6.07, 6.45) is 1.31. The molecule has 0 amide bonds. The van der Waals surface area contributed by atoms with Gasteiger partial charge < -0.3 is 28.4 Å². The molecule has 0 spiro atoms. The Labute approximate surface area is 386 Å². The van der Waals surface area contributed by atoms with Crippen LogP contribution < -0.4 is 17.1 Å². The van der Waals surface area contributed by atoms with Crippen molar-refractivity contribution in [3.8, 4) is 0 Å². The molecule has 0 aliphatic heterocycles. The first kappa shape index (κ1) is 57.7. The standard InChI is InChI=1S/C48H69N3O15/c1-16-19-46(25-61-37(52)31(4)5,26-62-38(53)32(6)7)22-49-43(58)50(23-47(20-17-2,27-63-39(54)33(8)9)28-64-40(55)34(10)11)45(60)51(44(49)59)24-48(21-18-3,29-65-41(56)35(12)13)30-66-42(57)36(14)15/h4,6,8,10,12,14,16-30H2,1-3,5,7,9,11,13,15H3. The van der Waals surface area contributed by atoms with E-state index in [4.69, 9.17) is 28.4 Å². The fourth-order valence-electron chi connectivity index (χ4n) is 6.81. The highest BCUT2D eigenvalue weighted by atomic mass is 16.6. The van der Waals surface area contributed by atoms with Gasteiger partial charge in [-0.1, -0.05) is 79.5 Å². The van der Waals surface area contributed by atoms with Crippen LogP contribution in [0.15, 0.2) is 87.3 Å². The number of nitrogens with zero attached hydrogens (tertiary/aromatic N) is 3. The lowest BCUT2D eigenvalue weighted by Gasteiger charge is -2.36. The van der Waals surface area contributed by atoms with Crippen molar-refractivity contribution in [2.75, 3.05) is 39.6 Å². The van der Waals surface area contributed by atoms with Gasteiger partial charge in [0, 0.05) is 53.1 Å². The third kappa shape index (κ3) is 16.9. The molecule has 0 saturated carbocycles. The highest BCUT2D eigenvalue weighted by Gasteiger charge is 2.41. The fraction of sp³-hybridized carbons (Fsp3) is 0.562. The second-order valence-corrected chi connectivity index (χ2v) is 17.5. The van der Waals surface area contributed by atoms with Gasteiger partial charge in [-0.05, 0) is 60.8 Å². The van der Waals surface area contributed by atoms with Gasteiger partial charge in [0.2, 0.25) is 0 Å².